The second-order valence-electron chi connectivity index (χ2n) is 6.16. The van der Waals surface area contributed by atoms with Crippen molar-refractivity contribution < 1.29 is 9.59 Å². The maximum absolute atomic E-state index is 12.8. The third kappa shape index (κ3) is 1.84. The van der Waals surface area contributed by atoms with E-state index < -0.39 is 10.6 Å². The van der Waals surface area contributed by atoms with Gasteiger partial charge in [0.2, 0.25) is 5.91 Å². The van der Waals surface area contributed by atoms with Crippen LogP contribution in [0, 0.1) is 16.7 Å². The van der Waals surface area contributed by atoms with E-state index >= 15 is 0 Å². The number of hydrogen-bond acceptors (Lipinski definition) is 3. The van der Waals surface area contributed by atoms with Crippen molar-refractivity contribution in [1.29, 1.82) is 5.26 Å². The van der Waals surface area contributed by atoms with Crippen molar-refractivity contribution in [3.8, 4) is 6.07 Å². The molecule has 4 nitrogen and oxygen atoms in total. The van der Waals surface area contributed by atoms with E-state index in [0.717, 1.165) is 5.57 Å². The monoisotopic (exact) mass is 290 g/mol. The Balaban J connectivity index is 2.67. The molecule has 0 bridgehead atoms. The standard InChI is InChI=1S/C15H19N2O2P/c1-9(2)17-6-5-11-14(3,4)12(18)10(8-16)7-15(11,20)13(17)19/h5,7,9H,6,20H2,1-4H3/t15-/m0/s1. The lowest BCUT2D eigenvalue weighted by Gasteiger charge is -2.47. The van der Waals surface area contributed by atoms with Crippen LogP contribution in [0.2, 0.25) is 0 Å². The molecule has 0 aromatic rings. The van der Waals surface area contributed by atoms with Gasteiger partial charge in [0.25, 0.3) is 0 Å². The maximum atomic E-state index is 12.8. The summed E-state index contributed by atoms with van der Waals surface area (Å²) in [6, 6.07) is 2.01. The van der Waals surface area contributed by atoms with E-state index in [1.54, 1.807) is 18.7 Å². The first-order valence-corrected chi connectivity index (χ1v) is 7.22. The van der Waals surface area contributed by atoms with Gasteiger partial charge >= 0.3 is 0 Å². The molecular weight excluding hydrogens is 271 g/mol. The number of nitriles is 1. The SMILES string of the molecule is CC(C)N1CC=C2C(C)(C)C(=O)C(C#N)=C[C@@]2(P)C1=O. The molecular formula is C15H19N2O2P. The van der Waals surface area contributed by atoms with Gasteiger partial charge in [0.15, 0.2) is 5.78 Å². The fraction of sp³-hybridized carbons (Fsp3) is 0.533. The van der Waals surface area contributed by atoms with Crippen molar-refractivity contribution in [3.05, 3.63) is 23.3 Å². The number of ketones is 1. The topological polar surface area (TPSA) is 61.2 Å². The minimum absolute atomic E-state index is 0.0664. The molecule has 0 spiro atoms. The summed E-state index contributed by atoms with van der Waals surface area (Å²) in [6.45, 7) is 7.98. The summed E-state index contributed by atoms with van der Waals surface area (Å²) in [6.07, 6.45) is 3.46. The number of carbonyl (C=O) groups excluding carboxylic acids is 2. The van der Waals surface area contributed by atoms with Gasteiger partial charge in [-0.1, -0.05) is 6.08 Å². The van der Waals surface area contributed by atoms with Gasteiger partial charge in [-0.2, -0.15) is 5.26 Å². The van der Waals surface area contributed by atoms with E-state index in [-0.39, 0.29) is 23.3 Å². The smallest absolute Gasteiger partial charge is 0.241 e. The van der Waals surface area contributed by atoms with Gasteiger partial charge in [-0.15, -0.1) is 9.24 Å². The van der Waals surface area contributed by atoms with Crippen molar-refractivity contribution in [3.63, 3.8) is 0 Å². The number of Topliss-reactive ketones (excluding diaryl/α,β-unsaturated/α-hetero) is 1. The molecule has 2 rings (SSSR count). The largest absolute Gasteiger partial charge is 0.335 e. The summed E-state index contributed by atoms with van der Waals surface area (Å²) in [5.41, 5.74) is 0.0299. The van der Waals surface area contributed by atoms with Crippen LogP contribution in [0.1, 0.15) is 27.7 Å². The second-order valence-corrected chi connectivity index (χ2v) is 7.07. The highest BCUT2D eigenvalue weighted by Gasteiger charge is 2.53. The normalized spacial score (nSPS) is 28.8. The molecule has 0 aromatic heterocycles. The molecule has 5 heteroatoms. The molecule has 0 N–H and O–H groups in total. The van der Waals surface area contributed by atoms with Crippen LogP contribution in [0.5, 0.6) is 0 Å². The molecule has 106 valence electrons. The fourth-order valence-corrected chi connectivity index (χ4v) is 3.80. The Morgan fingerprint density at radius 1 is 1.40 bits per heavy atom. The zero-order chi connectivity index (χ0) is 15.3. The van der Waals surface area contributed by atoms with E-state index in [2.05, 4.69) is 9.24 Å². The third-order valence-corrected chi connectivity index (χ3v) is 4.88. The summed E-state index contributed by atoms with van der Waals surface area (Å²) < 4.78 is 0. The van der Waals surface area contributed by atoms with E-state index in [4.69, 9.17) is 5.26 Å². The second kappa shape index (κ2) is 4.53. The molecule has 0 saturated carbocycles. The van der Waals surface area contributed by atoms with E-state index in [1.807, 2.05) is 26.0 Å². The summed E-state index contributed by atoms with van der Waals surface area (Å²) >= 11 is 0. The molecule has 0 radical (unpaired) electrons. The molecule has 20 heavy (non-hydrogen) atoms. The van der Waals surface area contributed by atoms with Crippen molar-refractivity contribution in [2.75, 3.05) is 6.54 Å². The minimum Gasteiger partial charge on any atom is -0.335 e. The Labute approximate surface area is 121 Å². The molecule has 1 heterocycles. The lowest BCUT2D eigenvalue weighted by atomic mass is 9.66. The number of hydrogen-bond donors (Lipinski definition) is 0. The summed E-state index contributed by atoms with van der Waals surface area (Å²) in [7, 11) is 2.56. The van der Waals surface area contributed by atoms with E-state index in [1.165, 1.54) is 6.08 Å². The summed E-state index contributed by atoms with van der Waals surface area (Å²) in [4.78, 5) is 26.9. The van der Waals surface area contributed by atoms with Crippen LogP contribution in [0.4, 0.5) is 0 Å². The van der Waals surface area contributed by atoms with Gasteiger partial charge in [0.05, 0.1) is 11.0 Å². The zero-order valence-corrected chi connectivity index (χ0v) is 13.4. The van der Waals surface area contributed by atoms with Crippen LogP contribution in [-0.4, -0.2) is 34.3 Å². The van der Waals surface area contributed by atoms with Crippen LogP contribution in [0.3, 0.4) is 0 Å². The predicted octanol–water partition coefficient (Wildman–Crippen LogP) is 1.84. The van der Waals surface area contributed by atoms with Crippen LogP contribution < -0.4 is 0 Å². The van der Waals surface area contributed by atoms with Gasteiger partial charge in [-0.3, -0.25) is 9.59 Å². The number of fused-ring (bicyclic) bond motifs is 1. The van der Waals surface area contributed by atoms with Crippen LogP contribution in [0.15, 0.2) is 23.3 Å². The number of allylic oxidation sites excluding steroid dienone is 1. The fourth-order valence-electron chi connectivity index (χ4n) is 2.99. The average molecular weight is 290 g/mol. The van der Waals surface area contributed by atoms with Crippen molar-refractivity contribution in [1.82, 2.24) is 4.90 Å². The zero-order valence-electron chi connectivity index (χ0n) is 12.2. The first-order valence-electron chi connectivity index (χ1n) is 6.65. The lowest BCUT2D eigenvalue weighted by molar-refractivity contribution is -0.134. The predicted molar refractivity (Wildman–Crippen MR) is 79.9 cm³/mol. The number of amides is 1. The third-order valence-electron chi connectivity index (χ3n) is 4.15. The van der Waals surface area contributed by atoms with Crippen molar-refractivity contribution in [2.24, 2.45) is 5.41 Å². The Bertz CT molecular complexity index is 595. The van der Waals surface area contributed by atoms with Crippen molar-refractivity contribution in [2.45, 2.75) is 38.9 Å². The number of rotatable bonds is 1. The number of carbonyl (C=O) groups is 2. The summed E-state index contributed by atoms with van der Waals surface area (Å²) in [5.74, 6) is -0.279. The molecule has 0 aromatic carbocycles. The summed E-state index contributed by atoms with van der Waals surface area (Å²) in [5, 5.41) is 8.20. The Morgan fingerprint density at radius 2 is 2.00 bits per heavy atom. The highest BCUT2D eigenvalue weighted by Crippen LogP contribution is 2.49. The molecule has 1 amide bonds. The van der Waals surface area contributed by atoms with Crippen molar-refractivity contribution >= 4 is 20.9 Å². The molecule has 1 unspecified atom stereocenters. The molecule has 1 aliphatic carbocycles. The first kappa shape index (κ1) is 14.9. The minimum atomic E-state index is -0.967. The lowest BCUT2D eigenvalue weighted by Crippen LogP contribution is -2.56. The first-order chi connectivity index (χ1) is 9.16. The Hall–Kier alpha value is -1.46. The molecule has 1 aliphatic heterocycles. The Kier molecular flexibility index (Phi) is 3.38. The van der Waals surface area contributed by atoms with Crippen LogP contribution >= 0.6 is 9.24 Å². The molecule has 0 fully saturated rings. The quantitative estimate of drug-likeness (QED) is 0.547. The number of nitrogens with zero attached hydrogens (tertiary/aromatic N) is 2. The van der Waals surface area contributed by atoms with Gasteiger partial charge in [-0.25, -0.2) is 0 Å². The highest BCUT2D eigenvalue weighted by molar-refractivity contribution is 7.22. The van der Waals surface area contributed by atoms with Gasteiger partial charge < -0.3 is 4.90 Å². The Morgan fingerprint density at radius 3 is 2.50 bits per heavy atom. The van der Waals surface area contributed by atoms with E-state index in [0.29, 0.717) is 6.54 Å². The molecule has 2 atom stereocenters. The van der Waals surface area contributed by atoms with Gasteiger partial charge in [0, 0.05) is 12.6 Å². The average Bonchev–Trinajstić information content (AvgIpc) is 2.36. The van der Waals surface area contributed by atoms with Crippen LogP contribution in [0.25, 0.3) is 0 Å². The maximum Gasteiger partial charge on any atom is 0.241 e. The molecule has 0 saturated heterocycles. The highest BCUT2D eigenvalue weighted by atomic mass is 31.0. The van der Waals surface area contributed by atoms with Crippen LogP contribution in [-0.2, 0) is 9.59 Å². The van der Waals surface area contributed by atoms with Gasteiger partial charge in [-0.05, 0) is 39.3 Å². The van der Waals surface area contributed by atoms with Gasteiger partial charge in [0.1, 0.15) is 11.2 Å². The van der Waals surface area contributed by atoms with E-state index in [9.17, 15) is 9.59 Å². The molecule has 2 aliphatic rings.